The van der Waals surface area contributed by atoms with Crippen LogP contribution in [0.3, 0.4) is 0 Å². The van der Waals surface area contributed by atoms with E-state index in [-0.39, 0.29) is 18.4 Å². The Morgan fingerprint density at radius 1 is 1.36 bits per heavy atom. The number of carbonyl (C=O) groups is 1. The van der Waals surface area contributed by atoms with Gasteiger partial charge in [-0.15, -0.1) is 11.3 Å². The number of hydrogen-bond acceptors (Lipinski definition) is 3. The molecule has 0 aliphatic heterocycles. The average Bonchev–Trinajstić information content (AvgIpc) is 3.02. The lowest BCUT2D eigenvalue weighted by Gasteiger charge is -2.23. The minimum absolute atomic E-state index is 0.0632. The summed E-state index contributed by atoms with van der Waals surface area (Å²) in [4.78, 5) is 13.0. The second-order valence-corrected chi connectivity index (χ2v) is 7.08. The number of amides is 1. The fourth-order valence-corrected chi connectivity index (χ4v) is 3.09. The van der Waals surface area contributed by atoms with Gasteiger partial charge in [0.1, 0.15) is 5.60 Å². The zero-order valence-corrected chi connectivity index (χ0v) is 14.2. The Morgan fingerprint density at radius 2 is 2.05 bits per heavy atom. The molecule has 0 bridgehead atoms. The minimum Gasteiger partial charge on any atom is -0.383 e. The molecule has 118 valence electrons. The zero-order chi connectivity index (χ0) is 16.2. The van der Waals surface area contributed by atoms with Crippen LogP contribution in [0.15, 0.2) is 41.8 Å². The molecule has 1 aromatic heterocycles. The molecule has 0 aliphatic carbocycles. The summed E-state index contributed by atoms with van der Waals surface area (Å²) in [6.45, 7) is 3.80. The molecule has 5 heteroatoms. The van der Waals surface area contributed by atoms with Gasteiger partial charge >= 0.3 is 0 Å². The zero-order valence-electron chi connectivity index (χ0n) is 12.7. The molecule has 1 heterocycles. The van der Waals surface area contributed by atoms with Gasteiger partial charge in [-0.1, -0.05) is 36.7 Å². The van der Waals surface area contributed by atoms with Crippen LogP contribution < -0.4 is 5.32 Å². The van der Waals surface area contributed by atoms with Gasteiger partial charge in [-0.25, -0.2) is 0 Å². The Balaban J connectivity index is 1.87. The summed E-state index contributed by atoms with van der Waals surface area (Å²) in [6.07, 6.45) is 0.643. The molecule has 0 fully saturated rings. The molecule has 0 spiro atoms. The van der Waals surface area contributed by atoms with E-state index in [0.29, 0.717) is 11.4 Å². The van der Waals surface area contributed by atoms with E-state index in [4.69, 9.17) is 11.6 Å². The topological polar surface area (TPSA) is 49.3 Å². The summed E-state index contributed by atoms with van der Waals surface area (Å²) in [7, 11) is 0. The smallest absolute Gasteiger partial charge is 0.223 e. The molecular formula is C17H20ClNO2S. The van der Waals surface area contributed by atoms with Crippen LogP contribution in [0.4, 0.5) is 0 Å². The Hall–Kier alpha value is -1.36. The number of carbonyl (C=O) groups excluding carboxylic acids is 1. The van der Waals surface area contributed by atoms with Gasteiger partial charge in [-0.3, -0.25) is 4.79 Å². The first-order valence-corrected chi connectivity index (χ1v) is 8.43. The minimum atomic E-state index is -1.04. The first-order valence-electron chi connectivity index (χ1n) is 7.17. The maximum atomic E-state index is 12.2. The molecule has 0 saturated heterocycles. The Labute approximate surface area is 139 Å². The van der Waals surface area contributed by atoms with Crippen LogP contribution in [0.5, 0.6) is 0 Å². The van der Waals surface area contributed by atoms with E-state index < -0.39 is 5.60 Å². The number of aliphatic hydroxyl groups is 1. The molecular weight excluding hydrogens is 318 g/mol. The average molecular weight is 338 g/mol. The van der Waals surface area contributed by atoms with Crippen molar-refractivity contribution in [2.24, 2.45) is 5.92 Å². The monoisotopic (exact) mass is 337 g/mol. The van der Waals surface area contributed by atoms with E-state index in [2.05, 4.69) is 5.32 Å². The highest BCUT2D eigenvalue weighted by atomic mass is 35.5. The highest BCUT2D eigenvalue weighted by Crippen LogP contribution is 2.24. The molecule has 2 unspecified atom stereocenters. The van der Waals surface area contributed by atoms with Gasteiger partial charge in [0.15, 0.2) is 0 Å². The van der Waals surface area contributed by atoms with Gasteiger partial charge in [0.2, 0.25) is 5.91 Å². The van der Waals surface area contributed by atoms with Crippen LogP contribution in [0.25, 0.3) is 0 Å². The molecule has 0 aliphatic rings. The molecule has 1 aromatic carbocycles. The van der Waals surface area contributed by atoms with Gasteiger partial charge < -0.3 is 10.4 Å². The molecule has 2 aromatic rings. The molecule has 2 rings (SSSR count). The summed E-state index contributed by atoms with van der Waals surface area (Å²) < 4.78 is 0. The third kappa shape index (κ3) is 4.57. The van der Waals surface area contributed by atoms with Crippen LogP contribution in [0, 0.1) is 5.92 Å². The number of rotatable bonds is 6. The SMILES string of the molecule is CC(Cc1ccc(Cl)cc1)C(=O)NCC(C)(O)c1cccs1. The van der Waals surface area contributed by atoms with Crippen LogP contribution in [0.2, 0.25) is 5.02 Å². The lowest BCUT2D eigenvalue weighted by atomic mass is 9.99. The van der Waals surface area contributed by atoms with Crippen LogP contribution in [-0.4, -0.2) is 17.6 Å². The summed E-state index contributed by atoms with van der Waals surface area (Å²) >= 11 is 7.33. The number of halogens is 1. The van der Waals surface area contributed by atoms with Crippen molar-refractivity contribution >= 4 is 28.8 Å². The predicted molar refractivity (Wildman–Crippen MR) is 91.2 cm³/mol. The molecule has 2 atom stereocenters. The molecule has 0 saturated carbocycles. The van der Waals surface area contributed by atoms with Crippen molar-refractivity contribution < 1.29 is 9.90 Å². The maximum Gasteiger partial charge on any atom is 0.223 e. The number of benzene rings is 1. The van der Waals surface area contributed by atoms with Crippen LogP contribution in [-0.2, 0) is 16.8 Å². The van der Waals surface area contributed by atoms with Gasteiger partial charge in [-0.2, -0.15) is 0 Å². The second-order valence-electron chi connectivity index (χ2n) is 5.70. The third-order valence-corrected chi connectivity index (χ3v) is 4.94. The van der Waals surface area contributed by atoms with Crippen molar-refractivity contribution in [1.29, 1.82) is 0 Å². The van der Waals surface area contributed by atoms with E-state index in [1.54, 1.807) is 6.92 Å². The highest BCUT2D eigenvalue weighted by molar-refractivity contribution is 7.10. The lowest BCUT2D eigenvalue weighted by Crippen LogP contribution is -2.40. The Bertz CT molecular complexity index is 608. The van der Waals surface area contributed by atoms with Gasteiger partial charge in [0.25, 0.3) is 0 Å². The van der Waals surface area contributed by atoms with Crippen molar-refractivity contribution in [3.63, 3.8) is 0 Å². The fraction of sp³-hybridized carbons (Fsp3) is 0.353. The molecule has 22 heavy (non-hydrogen) atoms. The number of thiophene rings is 1. The van der Waals surface area contributed by atoms with Crippen molar-refractivity contribution in [2.45, 2.75) is 25.9 Å². The van der Waals surface area contributed by atoms with Crippen molar-refractivity contribution in [1.82, 2.24) is 5.32 Å². The van der Waals surface area contributed by atoms with Gasteiger partial charge in [0, 0.05) is 15.8 Å². The Kier molecular flexibility index (Phi) is 5.62. The van der Waals surface area contributed by atoms with Crippen LogP contribution >= 0.6 is 22.9 Å². The maximum absolute atomic E-state index is 12.2. The standard InChI is InChI=1S/C17H20ClNO2S/c1-12(10-13-5-7-14(18)8-6-13)16(20)19-11-17(2,21)15-4-3-9-22-15/h3-9,12,21H,10-11H2,1-2H3,(H,19,20). The predicted octanol–water partition coefficient (Wildman–Crippen LogP) is 3.60. The van der Waals surface area contributed by atoms with E-state index in [1.807, 2.05) is 48.7 Å². The Morgan fingerprint density at radius 3 is 2.64 bits per heavy atom. The normalized spacial score (nSPS) is 15.1. The largest absolute Gasteiger partial charge is 0.383 e. The third-order valence-electron chi connectivity index (χ3n) is 3.56. The first-order chi connectivity index (χ1) is 10.4. The quantitative estimate of drug-likeness (QED) is 0.846. The van der Waals surface area contributed by atoms with Crippen LogP contribution in [0.1, 0.15) is 24.3 Å². The highest BCUT2D eigenvalue weighted by Gasteiger charge is 2.25. The second kappa shape index (κ2) is 7.27. The fourth-order valence-electron chi connectivity index (χ4n) is 2.17. The molecule has 1 amide bonds. The molecule has 3 nitrogen and oxygen atoms in total. The summed E-state index contributed by atoms with van der Waals surface area (Å²) in [6, 6.07) is 11.3. The van der Waals surface area contributed by atoms with Crippen molar-refractivity contribution in [3.8, 4) is 0 Å². The number of hydrogen-bond donors (Lipinski definition) is 2. The van der Waals surface area contributed by atoms with E-state index in [9.17, 15) is 9.90 Å². The summed E-state index contributed by atoms with van der Waals surface area (Å²) in [5.74, 6) is -0.230. The lowest BCUT2D eigenvalue weighted by molar-refractivity contribution is -0.125. The molecule has 2 N–H and O–H groups in total. The van der Waals surface area contributed by atoms with Crippen molar-refractivity contribution in [2.75, 3.05) is 6.54 Å². The van der Waals surface area contributed by atoms with Gasteiger partial charge in [-0.05, 0) is 42.5 Å². The van der Waals surface area contributed by atoms with E-state index >= 15 is 0 Å². The summed E-state index contributed by atoms with van der Waals surface area (Å²) in [5.41, 5.74) is 0.0289. The van der Waals surface area contributed by atoms with E-state index in [0.717, 1.165) is 10.4 Å². The summed E-state index contributed by atoms with van der Waals surface area (Å²) in [5, 5.41) is 15.8. The number of nitrogens with one attached hydrogen (secondary N) is 1. The van der Waals surface area contributed by atoms with E-state index in [1.165, 1.54) is 11.3 Å². The van der Waals surface area contributed by atoms with Gasteiger partial charge in [0.05, 0.1) is 6.54 Å². The first kappa shape index (κ1) is 17.0. The molecule has 0 radical (unpaired) electrons. The van der Waals surface area contributed by atoms with Crippen molar-refractivity contribution in [3.05, 3.63) is 57.2 Å².